The van der Waals surface area contributed by atoms with E-state index in [2.05, 4.69) is 5.32 Å². The molecule has 0 unspecified atom stereocenters. The van der Waals surface area contributed by atoms with Crippen LogP contribution in [0.4, 0.5) is 50.0 Å². The van der Waals surface area contributed by atoms with Gasteiger partial charge in [-0.1, -0.05) is 6.92 Å². The van der Waals surface area contributed by atoms with Gasteiger partial charge in [0.2, 0.25) is 0 Å². The monoisotopic (exact) mass is 542 g/mol. The molecule has 0 saturated carbocycles. The van der Waals surface area contributed by atoms with Gasteiger partial charge in [0, 0.05) is 18.6 Å². The molecule has 1 aliphatic heterocycles. The Morgan fingerprint density at radius 2 is 1.49 bits per heavy atom. The van der Waals surface area contributed by atoms with Crippen LogP contribution < -0.4 is 10.2 Å². The summed E-state index contributed by atoms with van der Waals surface area (Å²) in [6.45, 7) is 2.94. The van der Waals surface area contributed by atoms with Crippen molar-refractivity contribution in [2.75, 3.05) is 11.5 Å². The molecule has 0 spiro atoms. The zero-order chi connectivity index (χ0) is 27.8. The van der Waals surface area contributed by atoms with E-state index in [0.29, 0.717) is 18.6 Å². The molecule has 0 bridgehead atoms. The first kappa shape index (κ1) is 28.6. The third-order valence-electron chi connectivity index (χ3n) is 5.83. The lowest BCUT2D eigenvalue weighted by Gasteiger charge is -2.39. The normalized spacial score (nSPS) is 18.5. The van der Waals surface area contributed by atoms with Gasteiger partial charge in [-0.05, 0) is 67.3 Å². The van der Waals surface area contributed by atoms with E-state index in [1.54, 1.807) is 13.8 Å². The Labute approximate surface area is 206 Å². The lowest BCUT2D eigenvalue weighted by atomic mass is 9.90. The van der Waals surface area contributed by atoms with E-state index in [9.17, 15) is 44.3 Å². The molecule has 0 aromatic heterocycles. The van der Waals surface area contributed by atoms with E-state index in [-0.39, 0.29) is 35.9 Å². The van der Waals surface area contributed by atoms with Crippen LogP contribution in [0.2, 0.25) is 0 Å². The molecule has 2 atom stereocenters. The Morgan fingerprint density at radius 3 is 2.00 bits per heavy atom. The van der Waals surface area contributed by atoms with Crippen LogP contribution in [0.15, 0.2) is 36.4 Å². The molecule has 1 heterocycles. The highest BCUT2D eigenvalue weighted by Gasteiger charge is 2.39. The summed E-state index contributed by atoms with van der Waals surface area (Å²) in [4.78, 5) is 13.8. The van der Waals surface area contributed by atoms with Crippen molar-refractivity contribution in [3.63, 3.8) is 0 Å². The fourth-order valence-corrected chi connectivity index (χ4v) is 4.13. The molecular formula is C24H23F9N2O2. The Kier molecular flexibility index (Phi) is 8.06. The van der Waals surface area contributed by atoms with E-state index < -0.39 is 59.9 Å². The van der Waals surface area contributed by atoms with Gasteiger partial charge < -0.3 is 10.1 Å². The molecular weight excluding hydrogens is 519 g/mol. The van der Waals surface area contributed by atoms with Crippen molar-refractivity contribution >= 4 is 11.8 Å². The molecule has 0 saturated heterocycles. The molecule has 204 valence electrons. The fraction of sp³-hybridized carbons (Fsp3) is 0.458. The predicted molar refractivity (Wildman–Crippen MR) is 116 cm³/mol. The third-order valence-corrected chi connectivity index (χ3v) is 5.83. The number of carbonyl (C=O) groups is 1. The van der Waals surface area contributed by atoms with Gasteiger partial charge in [0.25, 0.3) is 0 Å². The molecule has 2 aromatic rings. The molecule has 0 aliphatic carbocycles. The van der Waals surface area contributed by atoms with Crippen LogP contribution in [0.1, 0.15) is 60.5 Å². The van der Waals surface area contributed by atoms with Crippen LogP contribution in [-0.2, 0) is 29.8 Å². The first-order chi connectivity index (χ1) is 17.0. The molecule has 1 aliphatic rings. The van der Waals surface area contributed by atoms with Crippen LogP contribution in [0.25, 0.3) is 0 Å². The minimum atomic E-state index is -5.04. The fourth-order valence-electron chi connectivity index (χ4n) is 4.13. The molecule has 0 radical (unpaired) electrons. The van der Waals surface area contributed by atoms with Gasteiger partial charge in [-0.3, -0.25) is 4.90 Å². The van der Waals surface area contributed by atoms with Gasteiger partial charge in [-0.2, -0.15) is 39.5 Å². The number of amides is 1. The number of anilines is 1. The van der Waals surface area contributed by atoms with Crippen LogP contribution in [0.3, 0.4) is 0 Å². The topological polar surface area (TPSA) is 41.6 Å². The largest absolute Gasteiger partial charge is 0.449 e. The summed E-state index contributed by atoms with van der Waals surface area (Å²) >= 11 is 0. The smallest absolute Gasteiger partial charge is 0.416 e. The zero-order valence-corrected chi connectivity index (χ0v) is 19.6. The van der Waals surface area contributed by atoms with Gasteiger partial charge >= 0.3 is 24.6 Å². The van der Waals surface area contributed by atoms with Crippen molar-refractivity contribution in [3.05, 3.63) is 64.2 Å². The molecule has 13 heteroatoms. The maximum atomic E-state index is 13.4. The number of halogens is 9. The summed E-state index contributed by atoms with van der Waals surface area (Å²) in [5, 5.41) is 2.78. The van der Waals surface area contributed by atoms with E-state index in [1.807, 2.05) is 0 Å². The lowest BCUT2D eigenvalue weighted by molar-refractivity contribution is -0.143. The summed E-state index contributed by atoms with van der Waals surface area (Å²) in [5.41, 5.74) is -4.25. The summed E-state index contributed by atoms with van der Waals surface area (Å²) in [6, 6.07) is 2.29. The first-order valence-corrected chi connectivity index (χ1v) is 11.2. The highest BCUT2D eigenvalue weighted by molar-refractivity contribution is 5.90. The number of fused-ring (bicyclic) bond motifs is 1. The SMILES string of the molecule is CCCOC(=O)N1c2ccc(C(F)(F)F)cc2[C@@H](NCc2cc(C(F)(F)F)cc(C(F)(F)F)c2)C[C@H]1C. The molecule has 2 aromatic carbocycles. The average Bonchev–Trinajstić information content (AvgIpc) is 2.78. The number of hydrogen-bond donors (Lipinski definition) is 1. The van der Waals surface area contributed by atoms with Crippen molar-refractivity contribution in [2.24, 2.45) is 0 Å². The number of nitrogens with one attached hydrogen (secondary N) is 1. The summed E-state index contributed by atoms with van der Waals surface area (Å²) in [5.74, 6) is 0. The first-order valence-electron chi connectivity index (χ1n) is 11.2. The van der Waals surface area contributed by atoms with Crippen molar-refractivity contribution in [1.82, 2.24) is 5.32 Å². The second kappa shape index (κ2) is 10.4. The number of rotatable bonds is 5. The van der Waals surface area contributed by atoms with Crippen LogP contribution in [0.5, 0.6) is 0 Å². The van der Waals surface area contributed by atoms with Crippen molar-refractivity contribution in [2.45, 2.75) is 63.8 Å². The maximum absolute atomic E-state index is 13.4. The summed E-state index contributed by atoms with van der Waals surface area (Å²) in [6.07, 6.45) is -15.0. The molecule has 1 N–H and O–H groups in total. The van der Waals surface area contributed by atoms with E-state index in [0.717, 1.165) is 18.2 Å². The third kappa shape index (κ3) is 6.68. The minimum absolute atomic E-state index is 0.00309. The zero-order valence-electron chi connectivity index (χ0n) is 19.6. The molecule has 4 nitrogen and oxygen atoms in total. The highest BCUT2D eigenvalue weighted by Crippen LogP contribution is 2.42. The van der Waals surface area contributed by atoms with Gasteiger partial charge in [0.1, 0.15) is 0 Å². The molecule has 0 fully saturated rings. The van der Waals surface area contributed by atoms with E-state index >= 15 is 0 Å². The number of nitrogens with zero attached hydrogens (tertiary/aromatic N) is 1. The van der Waals surface area contributed by atoms with E-state index in [4.69, 9.17) is 4.74 Å². The lowest BCUT2D eigenvalue weighted by Crippen LogP contribution is -2.46. The molecule has 1 amide bonds. The Bertz CT molecular complexity index is 1090. The Morgan fingerprint density at radius 1 is 0.919 bits per heavy atom. The van der Waals surface area contributed by atoms with Crippen molar-refractivity contribution in [3.8, 4) is 0 Å². The number of ether oxygens (including phenoxy) is 1. The second-order valence-corrected chi connectivity index (χ2v) is 8.69. The van der Waals surface area contributed by atoms with Gasteiger partial charge in [0.05, 0.1) is 29.0 Å². The van der Waals surface area contributed by atoms with Crippen LogP contribution >= 0.6 is 0 Å². The standard InChI is InChI=1S/C24H23F9N2O2/c1-3-6-37-21(36)35-13(2)7-19(18-11-15(22(25,26)27)4-5-20(18)35)34-12-14-8-16(23(28,29)30)10-17(9-14)24(31,32)33/h4-5,8-11,13,19,34H,3,6-7,12H2,1-2H3/t13-,19+/m1/s1. The number of carbonyl (C=O) groups excluding carboxylic acids is 1. The van der Waals surface area contributed by atoms with Crippen LogP contribution in [-0.4, -0.2) is 18.7 Å². The van der Waals surface area contributed by atoms with Gasteiger partial charge in [-0.15, -0.1) is 0 Å². The summed E-state index contributed by atoms with van der Waals surface area (Å²) in [7, 11) is 0. The minimum Gasteiger partial charge on any atom is -0.449 e. The quantitative estimate of drug-likeness (QED) is 0.394. The molecule has 3 rings (SSSR count). The van der Waals surface area contributed by atoms with Gasteiger partial charge in [0.15, 0.2) is 0 Å². The average molecular weight is 542 g/mol. The Balaban J connectivity index is 1.98. The number of hydrogen-bond acceptors (Lipinski definition) is 3. The number of alkyl halides is 9. The highest BCUT2D eigenvalue weighted by atomic mass is 19.4. The maximum Gasteiger partial charge on any atom is 0.416 e. The van der Waals surface area contributed by atoms with Crippen molar-refractivity contribution < 1.29 is 49.0 Å². The van der Waals surface area contributed by atoms with Crippen molar-refractivity contribution in [1.29, 1.82) is 0 Å². The molecule has 37 heavy (non-hydrogen) atoms. The predicted octanol–water partition coefficient (Wildman–Crippen LogP) is 7.72. The van der Waals surface area contributed by atoms with Gasteiger partial charge in [-0.25, -0.2) is 4.79 Å². The summed E-state index contributed by atoms with van der Waals surface area (Å²) < 4.78 is 125. The number of benzene rings is 2. The van der Waals surface area contributed by atoms with Crippen LogP contribution in [0, 0.1) is 0 Å². The van der Waals surface area contributed by atoms with E-state index in [1.165, 1.54) is 4.90 Å². The Hall–Kier alpha value is -2.96. The second-order valence-electron chi connectivity index (χ2n) is 8.69.